The third-order valence-electron chi connectivity index (χ3n) is 5.25. The molecule has 0 amide bonds. The van der Waals surface area contributed by atoms with Gasteiger partial charge >= 0.3 is 5.97 Å². The van der Waals surface area contributed by atoms with Gasteiger partial charge in [-0.05, 0) is 55.5 Å². The number of esters is 1. The highest BCUT2D eigenvalue weighted by atomic mass is 16.6. The van der Waals surface area contributed by atoms with Gasteiger partial charge in [0.1, 0.15) is 0 Å². The van der Waals surface area contributed by atoms with Gasteiger partial charge in [-0.1, -0.05) is 12.1 Å². The van der Waals surface area contributed by atoms with E-state index >= 15 is 0 Å². The fraction of sp³-hybridized carbons (Fsp3) is 0.261. The van der Waals surface area contributed by atoms with E-state index in [-0.39, 0.29) is 36.1 Å². The van der Waals surface area contributed by atoms with Gasteiger partial charge in [0.2, 0.25) is 5.69 Å². The largest absolute Gasteiger partial charge is 0.481 e. The quantitative estimate of drug-likeness (QED) is 0.229. The van der Waals surface area contributed by atoms with Crippen molar-refractivity contribution in [1.82, 2.24) is 9.78 Å². The monoisotopic (exact) mass is 435 g/mol. The molecule has 1 aliphatic rings. The molecule has 0 unspecified atom stereocenters. The summed E-state index contributed by atoms with van der Waals surface area (Å²) in [5.74, 6) is -0.804. The first-order valence-corrected chi connectivity index (χ1v) is 10.3. The van der Waals surface area contributed by atoms with Gasteiger partial charge < -0.3 is 9.47 Å². The van der Waals surface area contributed by atoms with Crippen molar-refractivity contribution in [2.24, 2.45) is 0 Å². The van der Waals surface area contributed by atoms with E-state index in [1.165, 1.54) is 46.3 Å². The molecule has 0 radical (unpaired) electrons. The Morgan fingerprint density at radius 3 is 2.59 bits per heavy atom. The van der Waals surface area contributed by atoms with Crippen molar-refractivity contribution < 1.29 is 24.0 Å². The summed E-state index contributed by atoms with van der Waals surface area (Å²) < 4.78 is 12.1. The molecule has 9 nitrogen and oxygen atoms in total. The lowest BCUT2D eigenvalue weighted by Gasteiger charge is -2.07. The predicted octanol–water partition coefficient (Wildman–Crippen LogP) is 3.71. The van der Waals surface area contributed by atoms with Gasteiger partial charge in [-0.15, -0.1) is 0 Å². The number of fused-ring (bicyclic) bond motifs is 1. The van der Waals surface area contributed by atoms with E-state index in [1.54, 1.807) is 13.0 Å². The number of hydrogen-bond acceptors (Lipinski definition) is 7. The van der Waals surface area contributed by atoms with Gasteiger partial charge in [-0.3, -0.25) is 14.9 Å². The van der Waals surface area contributed by atoms with Crippen LogP contribution < -0.4 is 4.74 Å². The Morgan fingerprint density at radius 1 is 1.12 bits per heavy atom. The average Bonchev–Trinajstić information content (AvgIpc) is 3.44. The van der Waals surface area contributed by atoms with E-state index in [1.807, 2.05) is 12.1 Å². The van der Waals surface area contributed by atoms with Crippen molar-refractivity contribution in [2.45, 2.75) is 26.2 Å². The summed E-state index contributed by atoms with van der Waals surface area (Å²) >= 11 is 0. The third kappa shape index (κ3) is 4.36. The summed E-state index contributed by atoms with van der Waals surface area (Å²) in [7, 11) is 0. The Bertz CT molecular complexity index is 1180. The fourth-order valence-electron chi connectivity index (χ4n) is 3.64. The van der Waals surface area contributed by atoms with E-state index < -0.39 is 10.9 Å². The molecule has 0 atom stereocenters. The summed E-state index contributed by atoms with van der Waals surface area (Å²) in [6.45, 7) is 1.55. The molecule has 0 aliphatic heterocycles. The normalized spacial score (nSPS) is 12.3. The number of Topliss-reactive ketones (excluding diaryl/α,β-unsaturated/α-hetero) is 1. The van der Waals surface area contributed by atoms with Crippen LogP contribution in [0, 0.1) is 10.1 Å². The molecule has 164 valence electrons. The van der Waals surface area contributed by atoms with Gasteiger partial charge in [-0.25, -0.2) is 9.48 Å². The highest BCUT2D eigenvalue weighted by Crippen LogP contribution is 2.25. The molecule has 32 heavy (non-hydrogen) atoms. The number of carbonyl (C=O) groups excluding carboxylic acids is 2. The van der Waals surface area contributed by atoms with E-state index in [2.05, 4.69) is 5.10 Å². The van der Waals surface area contributed by atoms with Crippen molar-refractivity contribution >= 4 is 17.4 Å². The highest BCUT2D eigenvalue weighted by Gasteiger charge is 2.22. The number of ether oxygens (including phenoxy) is 2. The van der Waals surface area contributed by atoms with Gasteiger partial charge in [0.05, 0.1) is 23.4 Å². The molecular weight excluding hydrogens is 414 g/mol. The molecule has 3 aromatic rings. The smallest absolute Gasteiger partial charge is 0.362 e. The maximum Gasteiger partial charge on any atom is 0.362 e. The molecule has 2 aromatic carbocycles. The van der Waals surface area contributed by atoms with Crippen molar-refractivity contribution in [3.8, 4) is 11.4 Å². The van der Waals surface area contributed by atoms with Crippen molar-refractivity contribution in [3.63, 3.8) is 0 Å². The summed E-state index contributed by atoms with van der Waals surface area (Å²) in [6, 6.07) is 11.3. The average molecular weight is 435 g/mol. The Kier molecular flexibility index (Phi) is 5.98. The molecule has 0 bridgehead atoms. The highest BCUT2D eigenvalue weighted by molar-refractivity contribution is 5.98. The second-order valence-corrected chi connectivity index (χ2v) is 7.33. The van der Waals surface area contributed by atoms with Crippen LogP contribution in [-0.4, -0.2) is 39.7 Å². The first kappa shape index (κ1) is 21.2. The zero-order chi connectivity index (χ0) is 22.7. The maximum atomic E-state index is 12.7. The number of hydrogen-bond donors (Lipinski definition) is 0. The van der Waals surface area contributed by atoms with Crippen LogP contribution in [0.3, 0.4) is 0 Å². The van der Waals surface area contributed by atoms with E-state index in [0.717, 1.165) is 19.3 Å². The lowest BCUT2D eigenvalue weighted by atomic mass is 10.0. The van der Waals surface area contributed by atoms with Crippen LogP contribution in [0.1, 0.15) is 45.3 Å². The number of non-ortho nitro benzene ring substituents is 1. The molecule has 0 saturated heterocycles. The minimum Gasteiger partial charge on any atom is -0.481 e. The number of nitro benzene ring substituents is 1. The molecule has 9 heteroatoms. The van der Waals surface area contributed by atoms with Crippen molar-refractivity contribution in [3.05, 3.63) is 81.2 Å². The molecule has 1 aliphatic carbocycles. The Balaban J connectivity index is 1.55. The van der Waals surface area contributed by atoms with Crippen LogP contribution in [0.4, 0.5) is 5.69 Å². The minimum atomic E-state index is -0.687. The molecular formula is C23H21N3O6. The SMILES string of the molecule is CCOC(=O)c1nn(-c2ccc([N+](=O)[O-])cc2)cc1OCC(=O)c1ccc2c(c1)CCC2. The Labute approximate surface area is 183 Å². The number of ketones is 1. The van der Waals surface area contributed by atoms with Gasteiger partial charge in [0.15, 0.2) is 18.1 Å². The molecule has 0 N–H and O–H groups in total. The van der Waals surface area contributed by atoms with Crippen molar-refractivity contribution in [2.75, 3.05) is 13.2 Å². The zero-order valence-electron chi connectivity index (χ0n) is 17.4. The number of rotatable bonds is 8. The number of aryl methyl sites for hydroxylation is 2. The van der Waals surface area contributed by atoms with E-state index in [9.17, 15) is 19.7 Å². The fourth-order valence-corrected chi connectivity index (χ4v) is 3.64. The number of nitrogens with zero attached hydrogens (tertiary/aromatic N) is 3. The summed E-state index contributed by atoms with van der Waals surface area (Å²) in [6.07, 6.45) is 4.54. The molecule has 4 rings (SSSR count). The van der Waals surface area contributed by atoms with Crippen LogP contribution in [-0.2, 0) is 17.6 Å². The number of nitro groups is 1. The van der Waals surface area contributed by atoms with Crippen LogP contribution in [0.2, 0.25) is 0 Å². The lowest BCUT2D eigenvalue weighted by molar-refractivity contribution is -0.384. The second-order valence-electron chi connectivity index (χ2n) is 7.33. The molecule has 1 heterocycles. The zero-order valence-corrected chi connectivity index (χ0v) is 17.4. The Morgan fingerprint density at radius 2 is 1.88 bits per heavy atom. The topological polar surface area (TPSA) is 114 Å². The molecule has 0 saturated carbocycles. The molecule has 0 fully saturated rings. The van der Waals surface area contributed by atoms with Gasteiger partial charge in [0.25, 0.3) is 5.69 Å². The third-order valence-corrected chi connectivity index (χ3v) is 5.25. The number of aromatic nitrogens is 2. The van der Waals surface area contributed by atoms with Gasteiger partial charge in [0, 0.05) is 17.7 Å². The molecule has 1 aromatic heterocycles. The predicted molar refractivity (Wildman–Crippen MR) is 114 cm³/mol. The van der Waals surface area contributed by atoms with Crippen LogP contribution in [0.5, 0.6) is 5.75 Å². The Hall–Kier alpha value is -4.01. The van der Waals surface area contributed by atoms with Crippen LogP contribution in [0.25, 0.3) is 5.69 Å². The van der Waals surface area contributed by atoms with Gasteiger partial charge in [-0.2, -0.15) is 5.10 Å². The summed E-state index contributed by atoms with van der Waals surface area (Å²) in [4.78, 5) is 35.4. The number of benzene rings is 2. The van der Waals surface area contributed by atoms with Crippen LogP contribution >= 0.6 is 0 Å². The summed E-state index contributed by atoms with van der Waals surface area (Å²) in [5.41, 5.74) is 3.37. The van der Waals surface area contributed by atoms with E-state index in [4.69, 9.17) is 9.47 Å². The first-order valence-electron chi connectivity index (χ1n) is 10.3. The molecule has 0 spiro atoms. The van der Waals surface area contributed by atoms with Crippen LogP contribution in [0.15, 0.2) is 48.7 Å². The van der Waals surface area contributed by atoms with Crippen molar-refractivity contribution in [1.29, 1.82) is 0 Å². The lowest BCUT2D eigenvalue weighted by Crippen LogP contribution is -2.14. The second kappa shape index (κ2) is 9.01. The van der Waals surface area contributed by atoms with E-state index in [0.29, 0.717) is 11.3 Å². The number of carbonyl (C=O) groups is 2. The summed E-state index contributed by atoms with van der Waals surface area (Å²) in [5, 5.41) is 15.1. The first-order chi connectivity index (χ1) is 15.5. The standard InChI is InChI=1S/C23H21N3O6/c1-2-31-23(28)22-21(13-25(24-22)18-8-10-19(11-9-18)26(29)30)32-14-20(27)17-7-6-15-4-3-5-16(15)12-17/h6-13H,2-5,14H2,1H3. The minimum absolute atomic E-state index is 0.0667. The maximum absolute atomic E-state index is 12.7.